The number of benzene rings is 1. The molecule has 0 spiro atoms. The largest absolute Gasteiger partial charge is 0.497 e. The summed E-state index contributed by atoms with van der Waals surface area (Å²) in [5.41, 5.74) is -1.53. The molecule has 0 radical (unpaired) electrons. The maximum Gasteiger partial charge on any atom is 0.405 e. The van der Waals surface area contributed by atoms with Gasteiger partial charge in [-0.15, -0.1) is 0 Å². The first kappa shape index (κ1) is 37.2. The maximum absolute atomic E-state index is 14.4. The molecule has 0 unspecified atom stereocenters. The van der Waals surface area contributed by atoms with E-state index < -0.39 is 74.7 Å². The predicted molar refractivity (Wildman–Crippen MR) is 189 cm³/mol. The number of ether oxygens (including phenoxy) is 3. The summed E-state index contributed by atoms with van der Waals surface area (Å²) in [5, 5.41) is 15.7. The summed E-state index contributed by atoms with van der Waals surface area (Å²) in [6, 6.07) is 2.95. The highest BCUT2D eigenvalue weighted by Crippen LogP contribution is 2.48. The highest BCUT2D eigenvalue weighted by molar-refractivity contribution is 7.90. The lowest BCUT2D eigenvalue weighted by Crippen LogP contribution is -2.59. The molecule has 0 bridgehead atoms. The van der Waals surface area contributed by atoms with E-state index in [4.69, 9.17) is 14.2 Å². The Labute approximate surface area is 303 Å². The van der Waals surface area contributed by atoms with Gasteiger partial charge in [-0.1, -0.05) is 26.0 Å². The summed E-state index contributed by atoms with van der Waals surface area (Å²) in [6.07, 6.45) is 6.22. The monoisotopic (exact) mass is 741 g/mol. The van der Waals surface area contributed by atoms with Crippen molar-refractivity contribution in [1.29, 1.82) is 0 Å². The Morgan fingerprint density at radius 1 is 1.10 bits per heavy atom. The molecular weight excluding hydrogens is 694 g/mol. The molecule has 2 aliphatic carbocycles. The topological polar surface area (TPSA) is 194 Å². The van der Waals surface area contributed by atoms with Crippen molar-refractivity contribution in [2.45, 2.75) is 87.8 Å². The van der Waals surface area contributed by atoms with Gasteiger partial charge in [0.1, 0.15) is 35.2 Å². The summed E-state index contributed by atoms with van der Waals surface area (Å²) in [5.74, 6) is -1.44. The van der Waals surface area contributed by atoms with Gasteiger partial charge in [-0.2, -0.15) is 0 Å². The van der Waals surface area contributed by atoms with E-state index in [0.29, 0.717) is 48.0 Å². The van der Waals surface area contributed by atoms with Crippen LogP contribution in [-0.2, 0) is 24.4 Å². The van der Waals surface area contributed by atoms with Crippen LogP contribution in [0.3, 0.4) is 0 Å². The number of methoxy groups -OCH3 is 2. The van der Waals surface area contributed by atoms with Gasteiger partial charge >= 0.3 is 6.09 Å². The summed E-state index contributed by atoms with van der Waals surface area (Å²) in [6.45, 7) is 3.76. The first-order valence-corrected chi connectivity index (χ1v) is 19.2. The van der Waals surface area contributed by atoms with Crippen molar-refractivity contribution in [2.75, 3.05) is 27.8 Å². The number of carbonyl (C=O) groups excluding carboxylic acids is 3. The van der Waals surface area contributed by atoms with Gasteiger partial charge in [0, 0.05) is 30.2 Å². The summed E-state index contributed by atoms with van der Waals surface area (Å²) >= 11 is 0. The first-order chi connectivity index (χ1) is 24.7. The molecule has 3 fully saturated rings. The van der Waals surface area contributed by atoms with E-state index in [-0.39, 0.29) is 31.2 Å². The maximum atomic E-state index is 14.4. The van der Waals surface area contributed by atoms with Crippen LogP contribution in [0, 0.1) is 17.8 Å². The molecule has 2 saturated carbocycles. The number of sulfonamides is 1. The third-order valence-electron chi connectivity index (χ3n) is 10.8. The van der Waals surface area contributed by atoms with Crippen LogP contribution in [0.25, 0.3) is 10.8 Å². The molecule has 282 valence electrons. The third-order valence-corrected chi connectivity index (χ3v) is 13.1. The van der Waals surface area contributed by atoms with Gasteiger partial charge < -0.3 is 34.9 Å². The lowest BCUT2D eigenvalue weighted by Gasteiger charge is -2.32. The Kier molecular flexibility index (Phi) is 10.3. The zero-order valence-electron chi connectivity index (χ0n) is 30.0. The SMILES string of the molecule is COc1ccc2c(O[C@@H]3C[C@H]4C(=O)N[C@]5(C(=O)N(C)S(=O)(=O)C6CC6)C[C@H]5/C=C\CC[C@@H](C)C[C@@H](C)[C@H](NC(=O)O)C(=O)N4C3)ncc(OC)c2c1. The number of aromatic nitrogens is 1. The molecule has 1 aromatic heterocycles. The van der Waals surface area contributed by atoms with Gasteiger partial charge in [0.25, 0.3) is 5.91 Å². The van der Waals surface area contributed by atoms with E-state index in [0.717, 1.165) is 10.7 Å². The van der Waals surface area contributed by atoms with Crippen molar-refractivity contribution in [1.82, 2.24) is 24.8 Å². The fraction of sp³-hybridized carbons (Fsp3) is 0.583. The number of allylic oxidation sites excluding steroid dienone is 1. The van der Waals surface area contributed by atoms with Crippen molar-refractivity contribution >= 4 is 44.6 Å². The number of nitrogens with zero attached hydrogens (tertiary/aromatic N) is 3. The molecule has 6 rings (SSSR count). The molecule has 7 atom stereocenters. The molecule has 2 aliphatic heterocycles. The normalized spacial score (nSPS) is 30.1. The second-order valence-corrected chi connectivity index (χ2v) is 16.8. The number of amides is 4. The van der Waals surface area contributed by atoms with Gasteiger partial charge in [-0.25, -0.2) is 22.5 Å². The Morgan fingerprint density at radius 3 is 2.52 bits per heavy atom. The van der Waals surface area contributed by atoms with Crippen molar-refractivity contribution in [3.05, 3.63) is 36.5 Å². The number of likely N-dealkylation sites (N-methyl/N-ethyl adjacent to an activating group) is 1. The van der Waals surface area contributed by atoms with Crippen molar-refractivity contribution in [3.8, 4) is 17.4 Å². The van der Waals surface area contributed by atoms with Crippen LogP contribution in [-0.4, -0.2) is 108 Å². The lowest BCUT2D eigenvalue weighted by molar-refractivity contribution is -0.142. The minimum atomic E-state index is -3.90. The Hall–Kier alpha value is -4.60. The highest BCUT2D eigenvalue weighted by Gasteiger charge is 2.63. The third kappa shape index (κ3) is 7.21. The van der Waals surface area contributed by atoms with Gasteiger partial charge in [-0.3, -0.25) is 14.4 Å². The Bertz CT molecular complexity index is 1880. The molecular formula is C36H47N5O10S. The summed E-state index contributed by atoms with van der Waals surface area (Å²) in [4.78, 5) is 60.6. The van der Waals surface area contributed by atoms with E-state index in [1.165, 1.54) is 25.3 Å². The summed E-state index contributed by atoms with van der Waals surface area (Å²) < 4.78 is 44.4. The fourth-order valence-electron chi connectivity index (χ4n) is 7.63. The zero-order chi connectivity index (χ0) is 37.5. The second kappa shape index (κ2) is 14.4. The van der Waals surface area contributed by atoms with E-state index in [2.05, 4.69) is 15.6 Å². The molecule has 52 heavy (non-hydrogen) atoms. The standard InChI is InChI=1S/C36H47N5O10S/c1-20-8-6-7-9-22-17-36(22,34(44)40(3)52(47,48)25-11-12-25)39-31(42)28-16-24(19-41(28)33(43)30(21(2)14-20)38-35(45)46)51-32-26-13-10-23(49-4)15-27(26)29(50-5)18-37-32/h7,9-10,13,15,18,20-22,24-25,28,30,38H,6,8,11-12,14,16-17,19H2,1-5H3,(H,39,42)(H,45,46)/b9-7-/t20-,21-,22-,24-,28+,30+,36-/m1/s1. The smallest absolute Gasteiger partial charge is 0.405 e. The van der Waals surface area contributed by atoms with Crippen LogP contribution in [0.4, 0.5) is 4.79 Å². The first-order valence-electron chi connectivity index (χ1n) is 17.7. The summed E-state index contributed by atoms with van der Waals surface area (Å²) in [7, 11) is 0.390. The van der Waals surface area contributed by atoms with Crippen LogP contribution in [0.15, 0.2) is 36.5 Å². The molecule has 3 heterocycles. The van der Waals surface area contributed by atoms with Gasteiger partial charge in [0.15, 0.2) is 0 Å². The molecule has 16 heteroatoms. The van der Waals surface area contributed by atoms with Crippen LogP contribution in [0.1, 0.15) is 58.8 Å². The number of rotatable bonds is 8. The average molecular weight is 742 g/mol. The van der Waals surface area contributed by atoms with E-state index >= 15 is 0 Å². The number of carbonyl (C=O) groups is 4. The zero-order valence-corrected chi connectivity index (χ0v) is 30.9. The van der Waals surface area contributed by atoms with Gasteiger partial charge in [0.05, 0.1) is 32.2 Å². The van der Waals surface area contributed by atoms with Crippen LogP contribution >= 0.6 is 0 Å². The van der Waals surface area contributed by atoms with Gasteiger partial charge in [0.2, 0.25) is 27.7 Å². The van der Waals surface area contributed by atoms with E-state index in [1.807, 2.05) is 26.0 Å². The van der Waals surface area contributed by atoms with Crippen LogP contribution in [0.2, 0.25) is 0 Å². The molecule has 4 aliphatic rings. The van der Waals surface area contributed by atoms with Crippen molar-refractivity contribution in [2.24, 2.45) is 17.8 Å². The molecule has 1 saturated heterocycles. The number of carboxylic acid groups (broad SMARTS) is 1. The molecule has 4 amide bonds. The van der Waals surface area contributed by atoms with Crippen molar-refractivity contribution < 1.29 is 46.9 Å². The predicted octanol–water partition coefficient (Wildman–Crippen LogP) is 3.07. The molecule has 1 aromatic carbocycles. The lowest BCUT2D eigenvalue weighted by atomic mass is 9.88. The Morgan fingerprint density at radius 2 is 1.85 bits per heavy atom. The minimum absolute atomic E-state index is 0.00546. The number of fused-ring (bicyclic) bond motifs is 3. The number of nitrogens with one attached hydrogen (secondary N) is 2. The van der Waals surface area contributed by atoms with Crippen molar-refractivity contribution in [3.63, 3.8) is 0 Å². The average Bonchev–Trinajstić information content (AvgIpc) is 4.04. The minimum Gasteiger partial charge on any atom is -0.497 e. The second-order valence-electron chi connectivity index (χ2n) is 14.6. The van der Waals surface area contributed by atoms with Crippen LogP contribution in [0.5, 0.6) is 17.4 Å². The quantitative estimate of drug-likeness (QED) is 0.337. The number of pyridine rings is 1. The van der Waals surface area contributed by atoms with E-state index in [1.54, 1.807) is 25.3 Å². The molecule has 15 nitrogen and oxygen atoms in total. The van der Waals surface area contributed by atoms with E-state index in [9.17, 15) is 32.7 Å². The molecule has 3 N–H and O–H groups in total. The van der Waals surface area contributed by atoms with Gasteiger partial charge in [-0.05, 0) is 68.6 Å². The van der Waals surface area contributed by atoms with Crippen LogP contribution < -0.4 is 24.8 Å². The number of hydrogen-bond acceptors (Lipinski definition) is 10. The fourth-order valence-corrected chi connectivity index (χ4v) is 9.20. The highest BCUT2D eigenvalue weighted by atomic mass is 32.2. The molecule has 2 aromatic rings. The number of hydrogen-bond donors (Lipinski definition) is 3. The Balaban J connectivity index is 1.36.